The van der Waals surface area contributed by atoms with Gasteiger partial charge in [-0.05, 0) is 16.7 Å². The number of aromatic nitrogens is 2. The van der Waals surface area contributed by atoms with Gasteiger partial charge in [-0.2, -0.15) is 0 Å². The molecule has 0 unspecified atom stereocenters. The first-order chi connectivity index (χ1) is 16.2. The Morgan fingerprint density at radius 3 is 2.42 bits per heavy atom. The zero-order valence-electron chi connectivity index (χ0n) is 18.0. The topological polar surface area (TPSA) is 86.6 Å². The summed E-state index contributed by atoms with van der Waals surface area (Å²) in [6.07, 6.45) is 8.50. The zero-order valence-corrected chi connectivity index (χ0v) is 18.0. The van der Waals surface area contributed by atoms with Gasteiger partial charge in [-0.3, -0.25) is 14.6 Å². The number of carbonyl (C=O) groups excluding carboxylic acids is 2. The second kappa shape index (κ2) is 8.96. The largest absolute Gasteiger partial charge is 0.394 e. The highest BCUT2D eigenvalue weighted by molar-refractivity contribution is 5.96. The van der Waals surface area contributed by atoms with Gasteiger partial charge in [0.1, 0.15) is 12.2 Å². The Morgan fingerprint density at radius 1 is 1.03 bits per heavy atom. The van der Waals surface area contributed by atoms with Crippen LogP contribution < -0.4 is 0 Å². The number of fused-ring (bicyclic) bond motifs is 1. The number of aliphatic hydroxyl groups excluding tert-OH is 1. The maximum atomic E-state index is 12.8. The van der Waals surface area contributed by atoms with Crippen molar-refractivity contribution in [3.63, 3.8) is 0 Å². The monoisotopic (exact) mass is 440 g/mol. The van der Waals surface area contributed by atoms with Crippen LogP contribution in [0.1, 0.15) is 33.1 Å². The highest BCUT2D eigenvalue weighted by Crippen LogP contribution is 2.43. The molecular formula is C26H24N4O3. The molecule has 2 aromatic carbocycles. The van der Waals surface area contributed by atoms with Crippen LogP contribution in [0.15, 0.2) is 73.2 Å². The van der Waals surface area contributed by atoms with E-state index >= 15 is 0 Å². The molecule has 3 heterocycles. The lowest BCUT2D eigenvalue weighted by Crippen LogP contribution is -2.73. The average molecular weight is 441 g/mol. The van der Waals surface area contributed by atoms with Gasteiger partial charge >= 0.3 is 0 Å². The Balaban J connectivity index is 1.34. The molecule has 0 radical (unpaired) electrons. The fourth-order valence-electron chi connectivity index (χ4n) is 4.81. The summed E-state index contributed by atoms with van der Waals surface area (Å²) in [6, 6.07) is 17.8. The third-order valence-electron chi connectivity index (χ3n) is 6.41. The summed E-state index contributed by atoms with van der Waals surface area (Å²) >= 11 is 0. The van der Waals surface area contributed by atoms with E-state index in [4.69, 9.17) is 0 Å². The Labute approximate surface area is 192 Å². The van der Waals surface area contributed by atoms with Gasteiger partial charge in [-0.1, -0.05) is 66.7 Å². The van der Waals surface area contributed by atoms with Crippen LogP contribution >= 0.6 is 0 Å². The van der Waals surface area contributed by atoms with Crippen molar-refractivity contribution in [2.45, 2.75) is 18.0 Å². The van der Waals surface area contributed by atoms with Crippen LogP contribution in [-0.2, 0) is 4.79 Å². The van der Waals surface area contributed by atoms with Crippen molar-refractivity contribution >= 4 is 24.0 Å². The van der Waals surface area contributed by atoms with Gasteiger partial charge in [0.05, 0.1) is 24.9 Å². The van der Waals surface area contributed by atoms with Crippen LogP contribution in [0.25, 0.3) is 12.2 Å². The van der Waals surface area contributed by atoms with Gasteiger partial charge in [-0.25, -0.2) is 4.98 Å². The van der Waals surface area contributed by atoms with Crippen molar-refractivity contribution in [2.75, 3.05) is 19.7 Å². The number of amides is 2. The Kier molecular flexibility index (Phi) is 5.71. The van der Waals surface area contributed by atoms with Crippen molar-refractivity contribution in [2.24, 2.45) is 0 Å². The summed E-state index contributed by atoms with van der Waals surface area (Å²) in [5.74, 6) is -0.492. The second-order valence-electron chi connectivity index (χ2n) is 8.33. The van der Waals surface area contributed by atoms with E-state index in [0.717, 1.165) is 16.7 Å². The molecule has 5 rings (SSSR count). The van der Waals surface area contributed by atoms with Crippen LogP contribution in [0.3, 0.4) is 0 Å². The molecule has 2 fully saturated rings. The molecule has 0 spiro atoms. The quantitative estimate of drug-likeness (QED) is 0.616. The summed E-state index contributed by atoms with van der Waals surface area (Å²) in [6.45, 7) is 0.275. The maximum absolute atomic E-state index is 12.8. The number of rotatable bonds is 5. The van der Waals surface area contributed by atoms with Crippen molar-refractivity contribution < 1.29 is 14.7 Å². The van der Waals surface area contributed by atoms with Crippen LogP contribution in [0.2, 0.25) is 0 Å². The summed E-state index contributed by atoms with van der Waals surface area (Å²) in [4.78, 5) is 36.9. The number of carbonyl (C=O) groups is 2. The molecule has 33 heavy (non-hydrogen) atoms. The van der Waals surface area contributed by atoms with E-state index in [2.05, 4.69) is 22.1 Å². The minimum Gasteiger partial charge on any atom is -0.394 e. The molecule has 1 N–H and O–H groups in total. The van der Waals surface area contributed by atoms with Crippen molar-refractivity contribution in [3.8, 4) is 0 Å². The molecule has 0 saturated carbocycles. The number of hydrogen-bond acceptors (Lipinski definition) is 5. The second-order valence-corrected chi connectivity index (χ2v) is 8.33. The maximum Gasteiger partial charge on any atom is 0.274 e. The summed E-state index contributed by atoms with van der Waals surface area (Å²) < 4.78 is 0. The number of benzene rings is 2. The number of hydrogen-bond donors (Lipinski definition) is 1. The lowest BCUT2D eigenvalue weighted by molar-refractivity contribution is -0.159. The van der Waals surface area contributed by atoms with Gasteiger partial charge in [0, 0.05) is 24.9 Å². The lowest BCUT2D eigenvalue weighted by atomic mass is 9.73. The predicted octanol–water partition coefficient (Wildman–Crippen LogP) is 2.46. The lowest BCUT2D eigenvalue weighted by Gasteiger charge is -2.58. The summed E-state index contributed by atoms with van der Waals surface area (Å²) in [5.41, 5.74) is 3.47. The van der Waals surface area contributed by atoms with Crippen LogP contribution in [0.4, 0.5) is 0 Å². The van der Waals surface area contributed by atoms with E-state index in [0.29, 0.717) is 6.54 Å². The third kappa shape index (κ3) is 4.03. The molecular weight excluding hydrogens is 416 g/mol. The third-order valence-corrected chi connectivity index (χ3v) is 6.41. The molecule has 2 aliphatic rings. The highest BCUT2D eigenvalue weighted by Gasteiger charge is 2.54. The molecule has 3 atom stereocenters. The van der Waals surface area contributed by atoms with Gasteiger partial charge < -0.3 is 14.9 Å². The molecule has 0 bridgehead atoms. The molecule has 7 nitrogen and oxygen atoms in total. The van der Waals surface area contributed by atoms with E-state index in [-0.39, 0.29) is 48.7 Å². The van der Waals surface area contributed by atoms with E-state index in [9.17, 15) is 14.7 Å². The molecule has 2 aliphatic heterocycles. The van der Waals surface area contributed by atoms with E-state index < -0.39 is 0 Å². The molecule has 1 aromatic heterocycles. The predicted molar refractivity (Wildman–Crippen MR) is 124 cm³/mol. The van der Waals surface area contributed by atoms with Crippen LogP contribution in [0.5, 0.6) is 0 Å². The first kappa shape index (κ1) is 21.0. The first-order valence-electron chi connectivity index (χ1n) is 11.0. The van der Waals surface area contributed by atoms with Crippen LogP contribution in [0, 0.1) is 0 Å². The van der Waals surface area contributed by atoms with Crippen molar-refractivity contribution in [1.29, 1.82) is 0 Å². The smallest absolute Gasteiger partial charge is 0.274 e. The van der Waals surface area contributed by atoms with Gasteiger partial charge in [0.15, 0.2) is 0 Å². The van der Waals surface area contributed by atoms with Crippen molar-refractivity contribution in [3.05, 3.63) is 95.6 Å². The minimum atomic E-state index is -0.302. The molecule has 3 aromatic rings. The molecule has 2 saturated heterocycles. The average Bonchev–Trinajstić information content (AvgIpc) is 2.85. The van der Waals surface area contributed by atoms with Crippen LogP contribution in [-0.4, -0.2) is 68.5 Å². The van der Waals surface area contributed by atoms with E-state index in [1.54, 1.807) is 4.90 Å². The zero-order chi connectivity index (χ0) is 22.8. The number of nitrogens with zero attached hydrogens (tertiary/aromatic N) is 4. The Hall–Kier alpha value is -3.84. The Bertz CT molecular complexity index is 1170. The van der Waals surface area contributed by atoms with Gasteiger partial charge in [0.25, 0.3) is 5.91 Å². The number of aliphatic hydroxyl groups is 1. The fourth-order valence-corrected chi connectivity index (χ4v) is 4.81. The number of piperazine rings is 1. The first-order valence-corrected chi connectivity index (χ1v) is 11.0. The highest BCUT2D eigenvalue weighted by atomic mass is 16.3. The molecule has 166 valence electrons. The SMILES string of the molecule is O=C(c1cnccn1)N1CC(=O)N2[C@H](CO)[C@@H](c3ccc(C=Cc4ccccc4)cc3)[C@@H]2C1. The molecule has 2 amide bonds. The molecule has 0 aliphatic carbocycles. The summed E-state index contributed by atoms with van der Waals surface area (Å²) in [5, 5.41) is 9.99. The van der Waals surface area contributed by atoms with E-state index in [1.165, 1.54) is 23.5 Å². The standard InChI is InChI=1S/C26H24N4O3/c31-17-23-25(20-10-8-19(9-11-20)7-6-18-4-2-1-3-5-18)22-15-29(16-24(32)30(22)23)26(33)21-14-27-12-13-28-21/h1-14,22-23,25,31H,15-17H2/t22-,23+,25-/m0/s1. The summed E-state index contributed by atoms with van der Waals surface area (Å²) in [7, 11) is 0. The fraction of sp³-hybridized carbons (Fsp3) is 0.231. The minimum absolute atomic E-state index is 0.0155. The van der Waals surface area contributed by atoms with E-state index in [1.807, 2.05) is 54.6 Å². The normalized spacial score (nSPS) is 22.2. The molecule has 7 heteroatoms. The van der Waals surface area contributed by atoms with Gasteiger partial charge in [0.2, 0.25) is 5.91 Å². The Morgan fingerprint density at radius 2 is 1.76 bits per heavy atom. The van der Waals surface area contributed by atoms with Crippen molar-refractivity contribution in [1.82, 2.24) is 19.8 Å². The van der Waals surface area contributed by atoms with Gasteiger partial charge in [-0.15, -0.1) is 0 Å².